The zero-order valence-electron chi connectivity index (χ0n) is 14.4. The first-order valence-corrected chi connectivity index (χ1v) is 9.90. The van der Waals surface area contributed by atoms with Crippen molar-refractivity contribution in [2.45, 2.75) is 23.9 Å². The standard InChI is InChI=1S/C18H20FN3O3S/c1-26-17-15(18(24)25)16(23)11-8-12(19)14(21-6-4-20-5-7-21)9-13(11)22(17)10-2-3-10/h8-10,20H,2-7H2,1H3,(H,24,25). The van der Waals surface area contributed by atoms with Crippen LogP contribution in [-0.4, -0.2) is 48.1 Å². The van der Waals surface area contributed by atoms with Crippen LogP contribution >= 0.6 is 11.8 Å². The zero-order valence-corrected chi connectivity index (χ0v) is 15.2. The van der Waals surface area contributed by atoms with Gasteiger partial charge in [-0.2, -0.15) is 0 Å². The summed E-state index contributed by atoms with van der Waals surface area (Å²) in [5.41, 5.74) is 0.232. The Balaban J connectivity index is 2.02. The van der Waals surface area contributed by atoms with Gasteiger partial charge >= 0.3 is 5.97 Å². The fourth-order valence-corrected chi connectivity index (χ4v) is 4.45. The smallest absolute Gasteiger partial charge is 0.342 e. The molecule has 1 aliphatic carbocycles. The fraction of sp³-hybridized carbons (Fsp3) is 0.444. The fourth-order valence-electron chi connectivity index (χ4n) is 3.63. The van der Waals surface area contributed by atoms with Crippen LogP contribution in [-0.2, 0) is 0 Å². The van der Waals surface area contributed by atoms with E-state index in [0.717, 1.165) is 25.9 Å². The number of nitrogens with one attached hydrogen (secondary N) is 1. The van der Waals surface area contributed by atoms with E-state index in [1.165, 1.54) is 17.8 Å². The molecule has 4 rings (SSSR count). The summed E-state index contributed by atoms with van der Waals surface area (Å²) in [6, 6.07) is 3.10. The molecule has 8 heteroatoms. The van der Waals surface area contributed by atoms with Crippen molar-refractivity contribution in [3.05, 3.63) is 33.7 Å². The second kappa shape index (κ2) is 6.59. The molecule has 1 saturated heterocycles. The van der Waals surface area contributed by atoms with E-state index in [2.05, 4.69) is 5.32 Å². The first-order chi connectivity index (χ1) is 12.5. The van der Waals surface area contributed by atoms with Gasteiger partial charge in [-0.25, -0.2) is 9.18 Å². The van der Waals surface area contributed by atoms with Crippen LogP contribution < -0.4 is 15.6 Å². The number of aromatic carboxylic acids is 1. The molecule has 2 fully saturated rings. The van der Waals surface area contributed by atoms with E-state index in [1.54, 1.807) is 12.3 Å². The zero-order chi connectivity index (χ0) is 18.4. The number of fused-ring (bicyclic) bond motifs is 1. The molecule has 0 atom stereocenters. The number of hydrogen-bond acceptors (Lipinski definition) is 5. The summed E-state index contributed by atoms with van der Waals surface area (Å²) in [5.74, 6) is -1.74. The first-order valence-electron chi connectivity index (χ1n) is 8.67. The first kappa shape index (κ1) is 17.4. The van der Waals surface area contributed by atoms with Crippen molar-refractivity contribution in [3.63, 3.8) is 0 Å². The number of carboxylic acid groups (broad SMARTS) is 1. The monoisotopic (exact) mass is 377 g/mol. The lowest BCUT2D eigenvalue weighted by Gasteiger charge is -2.30. The lowest BCUT2D eigenvalue weighted by Crippen LogP contribution is -2.44. The number of aromatic nitrogens is 1. The van der Waals surface area contributed by atoms with Crippen molar-refractivity contribution in [2.24, 2.45) is 0 Å². The van der Waals surface area contributed by atoms with Crippen molar-refractivity contribution < 1.29 is 14.3 Å². The van der Waals surface area contributed by atoms with Gasteiger partial charge in [0, 0.05) is 37.6 Å². The Kier molecular flexibility index (Phi) is 4.40. The number of anilines is 1. The Morgan fingerprint density at radius 2 is 2.00 bits per heavy atom. The second-order valence-electron chi connectivity index (χ2n) is 6.68. The molecule has 0 unspecified atom stereocenters. The van der Waals surface area contributed by atoms with Gasteiger partial charge in [-0.15, -0.1) is 11.8 Å². The Morgan fingerprint density at radius 1 is 1.31 bits per heavy atom. The van der Waals surface area contributed by atoms with Crippen molar-refractivity contribution in [1.82, 2.24) is 9.88 Å². The number of halogens is 1. The largest absolute Gasteiger partial charge is 0.477 e. The normalized spacial score (nSPS) is 17.7. The molecule has 2 aliphatic rings. The van der Waals surface area contributed by atoms with Gasteiger partial charge in [-0.1, -0.05) is 0 Å². The number of hydrogen-bond donors (Lipinski definition) is 2. The molecule has 2 heterocycles. The van der Waals surface area contributed by atoms with Gasteiger partial charge in [0.2, 0.25) is 5.43 Å². The van der Waals surface area contributed by atoms with Crippen LogP contribution in [0.25, 0.3) is 10.9 Å². The maximum Gasteiger partial charge on any atom is 0.342 e. The summed E-state index contributed by atoms with van der Waals surface area (Å²) in [5, 5.41) is 13.4. The predicted octanol–water partition coefficient (Wildman–Crippen LogP) is 2.31. The third-order valence-corrected chi connectivity index (χ3v) is 5.79. The van der Waals surface area contributed by atoms with E-state index < -0.39 is 17.2 Å². The van der Waals surface area contributed by atoms with Crippen LogP contribution in [0.5, 0.6) is 0 Å². The minimum atomic E-state index is -1.26. The van der Waals surface area contributed by atoms with Gasteiger partial charge in [0.1, 0.15) is 11.4 Å². The molecule has 0 radical (unpaired) electrons. The van der Waals surface area contributed by atoms with Gasteiger partial charge < -0.3 is 19.9 Å². The van der Waals surface area contributed by atoms with Crippen LogP contribution in [0.3, 0.4) is 0 Å². The molecule has 6 nitrogen and oxygen atoms in total. The Morgan fingerprint density at radius 3 is 2.58 bits per heavy atom. The Hall–Kier alpha value is -2.06. The number of pyridine rings is 1. The average Bonchev–Trinajstić information content (AvgIpc) is 3.46. The van der Waals surface area contributed by atoms with Crippen LogP contribution in [0.4, 0.5) is 10.1 Å². The minimum absolute atomic E-state index is 0.142. The van der Waals surface area contributed by atoms with Crippen LogP contribution in [0.15, 0.2) is 22.0 Å². The number of carboxylic acids is 1. The van der Waals surface area contributed by atoms with Crippen molar-refractivity contribution in [2.75, 3.05) is 37.3 Å². The molecule has 0 spiro atoms. The Labute approximate surface area is 154 Å². The number of benzene rings is 1. The van der Waals surface area contributed by atoms with Crippen molar-refractivity contribution >= 4 is 34.3 Å². The highest BCUT2D eigenvalue weighted by molar-refractivity contribution is 7.98. The molecular weight excluding hydrogens is 357 g/mol. The average molecular weight is 377 g/mol. The molecule has 26 heavy (non-hydrogen) atoms. The Bertz CT molecular complexity index is 949. The molecule has 138 valence electrons. The lowest BCUT2D eigenvalue weighted by molar-refractivity contribution is 0.0690. The summed E-state index contributed by atoms with van der Waals surface area (Å²) in [7, 11) is 0. The topological polar surface area (TPSA) is 74.6 Å². The molecule has 1 aromatic carbocycles. The van der Waals surface area contributed by atoms with Crippen LogP contribution in [0, 0.1) is 5.82 Å². The quantitative estimate of drug-likeness (QED) is 0.797. The number of thioether (sulfide) groups is 1. The third kappa shape index (κ3) is 2.77. The van der Waals surface area contributed by atoms with Gasteiger partial charge in [0.15, 0.2) is 0 Å². The summed E-state index contributed by atoms with van der Waals surface area (Å²) < 4.78 is 16.7. The van der Waals surface area contributed by atoms with E-state index >= 15 is 0 Å². The summed E-state index contributed by atoms with van der Waals surface area (Å²) in [4.78, 5) is 26.5. The van der Waals surface area contributed by atoms with E-state index in [4.69, 9.17) is 0 Å². The summed E-state index contributed by atoms with van der Waals surface area (Å²) >= 11 is 1.26. The van der Waals surface area contributed by atoms with E-state index in [-0.39, 0.29) is 17.0 Å². The number of carbonyl (C=O) groups is 1. The molecule has 2 N–H and O–H groups in total. The van der Waals surface area contributed by atoms with Gasteiger partial charge in [0.25, 0.3) is 0 Å². The molecule has 1 aromatic heterocycles. The number of rotatable bonds is 4. The maximum absolute atomic E-state index is 14.8. The highest BCUT2D eigenvalue weighted by Crippen LogP contribution is 2.41. The molecule has 0 amide bonds. The molecule has 0 bridgehead atoms. The maximum atomic E-state index is 14.8. The van der Waals surface area contributed by atoms with Crippen molar-refractivity contribution in [1.29, 1.82) is 0 Å². The van der Waals surface area contributed by atoms with Gasteiger partial charge in [-0.05, 0) is 31.2 Å². The SMILES string of the molecule is CSc1c(C(=O)O)c(=O)c2cc(F)c(N3CCNCC3)cc2n1C1CC1. The van der Waals surface area contributed by atoms with Crippen LogP contribution in [0.1, 0.15) is 29.2 Å². The molecule has 2 aromatic rings. The van der Waals surface area contributed by atoms with E-state index in [9.17, 15) is 19.1 Å². The number of nitrogens with zero attached hydrogens (tertiary/aromatic N) is 2. The lowest BCUT2D eigenvalue weighted by atomic mass is 10.1. The highest BCUT2D eigenvalue weighted by atomic mass is 32.2. The van der Waals surface area contributed by atoms with E-state index in [1.807, 2.05) is 9.47 Å². The van der Waals surface area contributed by atoms with Crippen LogP contribution in [0.2, 0.25) is 0 Å². The highest BCUT2D eigenvalue weighted by Gasteiger charge is 2.32. The summed E-state index contributed by atoms with van der Waals surface area (Å²) in [6.45, 7) is 2.94. The molecule has 1 saturated carbocycles. The molecule has 1 aliphatic heterocycles. The number of piperazine rings is 1. The van der Waals surface area contributed by atoms with Gasteiger partial charge in [0.05, 0.1) is 16.2 Å². The third-order valence-electron chi connectivity index (χ3n) is 5.01. The predicted molar refractivity (Wildman–Crippen MR) is 100 cm³/mol. The van der Waals surface area contributed by atoms with Crippen molar-refractivity contribution in [3.8, 4) is 0 Å². The van der Waals surface area contributed by atoms with E-state index in [0.29, 0.717) is 29.3 Å². The minimum Gasteiger partial charge on any atom is -0.477 e. The second-order valence-corrected chi connectivity index (χ2v) is 7.47. The summed E-state index contributed by atoms with van der Waals surface area (Å²) in [6.07, 6.45) is 3.64. The van der Waals surface area contributed by atoms with Gasteiger partial charge in [-0.3, -0.25) is 4.79 Å². The molecular formula is C18H20FN3O3S.